The maximum atomic E-state index is 11.2. The van der Waals surface area contributed by atoms with Gasteiger partial charge in [0.2, 0.25) is 0 Å². The van der Waals surface area contributed by atoms with Gasteiger partial charge >= 0.3 is 5.63 Å². The zero-order valence-corrected chi connectivity index (χ0v) is 13.4. The second-order valence-corrected chi connectivity index (χ2v) is 5.54. The molecule has 122 valence electrons. The molecule has 0 spiro atoms. The molecule has 0 bridgehead atoms. The molecule has 1 rings (SSSR count). The molecule has 0 aliphatic rings. The van der Waals surface area contributed by atoms with Gasteiger partial charge in [0.15, 0.2) is 0 Å². The maximum absolute atomic E-state index is 11.2. The van der Waals surface area contributed by atoms with Gasteiger partial charge in [-0.25, -0.2) is 4.79 Å². The summed E-state index contributed by atoms with van der Waals surface area (Å²) in [6.07, 6.45) is 3.62. The van der Waals surface area contributed by atoms with E-state index in [1.807, 2.05) is 26.8 Å². The highest BCUT2D eigenvalue weighted by Crippen LogP contribution is 2.23. The van der Waals surface area contributed by atoms with E-state index < -0.39 is 23.8 Å². The number of rotatable bonds is 6. The van der Waals surface area contributed by atoms with Gasteiger partial charge in [-0.2, -0.15) is 0 Å². The van der Waals surface area contributed by atoms with Crippen molar-refractivity contribution in [2.75, 3.05) is 0 Å². The Labute approximate surface area is 130 Å². The standard InChI is InChI=1S/C17H24O5/c1-5-10(2)17(21)11(3)6-7-14(19)12(4)15-8-13(18)9-16(20)22-15/h5-9,11-12,14,17-19,21H,1-4H3/b7-6-,10-5+. The monoisotopic (exact) mass is 308 g/mol. The summed E-state index contributed by atoms with van der Waals surface area (Å²) in [6, 6.07) is 2.28. The minimum Gasteiger partial charge on any atom is -0.508 e. The van der Waals surface area contributed by atoms with Crippen molar-refractivity contribution >= 4 is 0 Å². The molecule has 5 nitrogen and oxygen atoms in total. The molecule has 0 aliphatic heterocycles. The van der Waals surface area contributed by atoms with Crippen LogP contribution in [0.5, 0.6) is 5.75 Å². The maximum Gasteiger partial charge on any atom is 0.339 e. The van der Waals surface area contributed by atoms with Crippen molar-refractivity contribution in [2.24, 2.45) is 5.92 Å². The lowest BCUT2D eigenvalue weighted by molar-refractivity contribution is 0.166. The Morgan fingerprint density at radius 2 is 1.86 bits per heavy atom. The third-order valence-corrected chi connectivity index (χ3v) is 3.77. The molecule has 0 saturated carbocycles. The van der Waals surface area contributed by atoms with E-state index >= 15 is 0 Å². The normalized spacial score (nSPS) is 18.2. The van der Waals surface area contributed by atoms with Crippen molar-refractivity contribution < 1.29 is 19.7 Å². The van der Waals surface area contributed by atoms with Crippen LogP contribution in [0.4, 0.5) is 0 Å². The third kappa shape index (κ3) is 4.86. The Morgan fingerprint density at radius 1 is 1.23 bits per heavy atom. The Hall–Kier alpha value is -1.85. The highest BCUT2D eigenvalue weighted by atomic mass is 16.4. The first-order chi connectivity index (χ1) is 10.3. The van der Waals surface area contributed by atoms with Crippen molar-refractivity contribution in [1.82, 2.24) is 0 Å². The fraction of sp³-hybridized carbons (Fsp3) is 0.471. The lowest BCUT2D eigenvalue weighted by Crippen LogP contribution is -2.19. The SMILES string of the molecule is C/C=C(\C)C(O)C(C)/C=C\C(O)C(C)c1cc(O)cc(=O)o1. The average Bonchev–Trinajstić information content (AvgIpc) is 2.48. The predicted molar refractivity (Wildman–Crippen MR) is 84.8 cm³/mol. The Morgan fingerprint density at radius 3 is 2.41 bits per heavy atom. The van der Waals surface area contributed by atoms with E-state index in [0.29, 0.717) is 0 Å². The van der Waals surface area contributed by atoms with Crippen molar-refractivity contribution in [1.29, 1.82) is 0 Å². The fourth-order valence-electron chi connectivity index (χ4n) is 2.02. The minimum atomic E-state index is -0.898. The van der Waals surface area contributed by atoms with Gasteiger partial charge < -0.3 is 19.7 Å². The van der Waals surface area contributed by atoms with Crippen LogP contribution in [0.25, 0.3) is 0 Å². The van der Waals surface area contributed by atoms with Crippen LogP contribution in [0.1, 0.15) is 39.4 Å². The summed E-state index contributed by atoms with van der Waals surface area (Å²) in [4.78, 5) is 11.2. The van der Waals surface area contributed by atoms with Crippen LogP contribution in [-0.2, 0) is 0 Å². The van der Waals surface area contributed by atoms with E-state index in [1.165, 1.54) is 6.07 Å². The van der Waals surface area contributed by atoms with E-state index in [9.17, 15) is 20.1 Å². The zero-order valence-electron chi connectivity index (χ0n) is 13.4. The number of allylic oxidation sites excluding steroid dienone is 1. The summed E-state index contributed by atoms with van der Waals surface area (Å²) in [6.45, 7) is 7.23. The molecular weight excluding hydrogens is 284 g/mol. The van der Waals surface area contributed by atoms with Crippen molar-refractivity contribution in [3.8, 4) is 5.75 Å². The van der Waals surface area contributed by atoms with Crippen LogP contribution in [0.15, 0.2) is 45.1 Å². The van der Waals surface area contributed by atoms with Gasteiger partial charge in [0.05, 0.1) is 18.3 Å². The minimum absolute atomic E-state index is 0.158. The first kappa shape index (κ1) is 18.2. The van der Waals surface area contributed by atoms with Crippen LogP contribution in [0, 0.1) is 5.92 Å². The van der Waals surface area contributed by atoms with E-state index in [0.717, 1.165) is 11.6 Å². The Bertz CT molecular complexity index is 599. The largest absolute Gasteiger partial charge is 0.508 e. The van der Waals surface area contributed by atoms with Gasteiger partial charge in [0, 0.05) is 17.9 Å². The Balaban J connectivity index is 2.81. The van der Waals surface area contributed by atoms with E-state index in [1.54, 1.807) is 19.1 Å². The van der Waals surface area contributed by atoms with Crippen LogP contribution in [-0.4, -0.2) is 27.5 Å². The molecule has 0 fully saturated rings. The van der Waals surface area contributed by atoms with E-state index in [4.69, 9.17) is 4.42 Å². The first-order valence-corrected chi connectivity index (χ1v) is 7.27. The Kier molecular flexibility index (Phi) is 6.59. The quantitative estimate of drug-likeness (QED) is 0.702. The van der Waals surface area contributed by atoms with Crippen LogP contribution >= 0.6 is 0 Å². The molecule has 0 amide bonds. The zero-order chi connectivity index (χ0) is 16.9. The molecule has 4 atom stereocenters. The third-order valence-electron chi connectivity index (χ3n) is 3.77. The molecule has 1 aromatic rings. The number of hydrogen-bond donors (Lipinski definition) is 3. The fourth-order valence-corrected chi connectivity index (χ4v) is 2.02. The molecular formula is C17H24O5. The molecule has 22 heavy (non-hydrogen) atoms. The summed E-state index contributed by atoms with van der Waals surface area (Å²) in [5.74, 6) is -0.640. The van der Waals surface area contributed by atoms with Crippen molar-refractivity contribution in [2.45, 2.75) is 45.8 Å². The molecule has 3 N–H and O–H groups in total. The van der Waals surface area contributed by atoms with Gasteiger partial charge in [0.1, 0.15) is 11.5 Å². The lowest BCUT2D eigenvalue weighted by atomic mass is 9.95. The summed E-state index contributed by atoms with van der Waals surface area (Å²) >= 11 is 0. The smallest absolute Gasteiger partial charge is 0.339 e. The molecule has 0 aromatic carbocycles. The topological polar surface area (TPSA) is 90.9 Å². The summed E-state index contributed by atoms with van der Waals surface area (Å²) < 4.78 is 4.98. The molecule has 0 saturated heterocycles. The molecule has 0 radical (unpaired) electrons. The summed E-state index contributed by atoms with van der Waals surface area (Å²) in [5, 5.41) is 29.6. The highest BCUT2D eigenvalue weighted by Gasteiger charge is 2.19. The number of aliphatic hydroxyl groups excluding tert-OH is 2. The van der Waals surface area contributed by atoms with Gasteiger partial charge in [-0.1, -0.05) is 32.1 Å². The van der Waals surface area contributed by atoms with Gasteiger partial charge in [-0.05, 0) is 19.4 Å². The van der Waals surface area contributed by atoms with E-state index in [-0.39, 0.29) is 17.4 Å². The van der Waals surface area contributed by atoms with Crippen LogP contribution in [0.2, 0.25) is 0 Å². The van der Waals surface area contributed by atoms with Crippen molar-refractivity contribution in [3.63, 3.8) is 0 Å². The molecule has 1 heterocycles. The second kappa shape index (κ2) is 7.96. The first-order valence-electron chi connectivity index (χ1n) is 7.27. The predicted octanol–water partition coefficient (Wildman–Crippen LogP) is 2.33. The van der Waals surface area contributed by atoms with Gasteiger partial charge in [-0.15, -0.1) is 0 Å². The average molecular weight is 308 g/mol. The van der Waals surface area contributed by atoms with Crippen molar-refractivity contribution in [3.05, 3.63) is 52.1 Å². The second-order valence-electron chi connectivity index (χ2n) is 5.54. The molecule has 5 heteroatoms. The number of aromatic hydroxyl groups is 1. The van der Waals surface area contributed by atoms with E-state index in [2.05, 4.69) is 0 Å². The highest BCUT2D eigenvalue weighted by molar-refractivity contribution is 5.22. The molecule has 4 unspecified atom stereocenters. The van der Waals surface area contributed by atoms with Crippen LogP contribution in [0.3, 0.4) is 0 Å². The van der Waals surface area contributed by atoms with Gasteiger partial charge in [-0.3, -0.25) is 0 Å². The number of hydrogen-bond acceptors (Lipinski definition) is 5. The lowest BCUT2D eigenvalue weighted by Gasteiger charge is -2.18. The molecule has 0 aliphatic carbocycles. The summed E-state index contributed by atoms with van der Waals surface area (Å²) in [5.41, 5.74) is 0.198. The van der Waals surface area contributed by atoms with Crippen LogP contribution < -0.4 is 5.63 Å². The number of aliphatic hydroxyl groups is 2. The van der Waals surface area contributed by atoms with Gasteiger partial charge in [0.25, 0.3) is 0 Å². The molecule has 1 aromatic heterocycles. The summed E-state index contributed by atoms with van der Waals surface area (Å²) in [7, 11) is 0.